The summed E-state index contributed by atoms with van der Waals surface area (Å²) in [7, 11) is 0. The predicted octanol–water partition coefficient (Wildman–Crippen LogP) is 2.54. The van der Waals surface area contributed by atoms with Crippen LogP contribution in [0.2, 0.25) is 0 Å². The Morgan fingerprint density at radius 1 is 1.62 bits per heavy atom. The summed E-state index contributed by atoms with van der Waals surface area (Å²) in [6.07, 6.45) is 3.87. The summed E-state index contributed by atoms with van der Waals surface area (Å²) in [5.74, 6) is 0. The van der Waals surface area contributed by atoms with E-state index in [1.54, 1.807) is 11.3 Å². The van der Waals surface area contributed by atoms with Crippen LogP contribution in [0, 0.1) is 0 Å². The fraction of sp³-hybridized carbons (Fsp3) is 0.750. The first kappa shape index (κ1) is 12.0. The summed E-state index contributed by atoms with van der Waals surface area (Å²) in [6.45, 7) is 5.88. The quantitative estimate of drug-likeness (QED) is 0.795. The average Bonchev–Trinajstić information content (AvgIpc) is 2.95. The Bertz CT molecular complexity index is 323. The van der Waals surface area contributed by atoms with Crippen molar-refractivity contribution < 1.29 is 4.74 Å². The van der Waals surface area contributed by atoms with E-state index in [-0.39, 0.29) is 6.10 Å². The largest absolute Gasteiger partial charge is 0.372 e. The summed E-state index contributed by atoms with van der Waals surface area (Å²) in [4.78, 5) is 4.60. The van der Waals surface area contributed by atoms with E-state index >= 15 is 0 Å². The normalized spacial score (nSPS) is 17.6. The predicted molar refractivity (Wildman–Crippen MR) is 66.9 cm³/mol. The van der Waals surface area contributed by atoms with Crippen molar-refractivity contribution >= 4 is 11.3 Å². The first-order valence-electron chi connectivity index (χ1n) is 6.09. The van der Waals surface area contributed by atoms with Gasteiger partial charge in [0.05, 0.1) is 5.69 Å². The van der Waals surface area contributed by atoms with Crippen LogP contribution >= 0.6 is 11.3 Å². The van der Waals surface area contributed by atoms with E-state index in [4.69, 9.17) is 4.74 Å². The zero-order valence-electron chi connectivity index (χ0n) is 10.0. The number of ether oxygens (including phenoxy) is 1. The molecule has 0 radical (unpaired) electrons. The molecule has 4 heteroatoms. The minimum absolute atomic E-state index is 0.139. The van der Waals surface area contributed by atoms with Crippen molar-refractivity contribution in [3.63, 3.8) is 0 Å². The standard InChI is InChI=1S/C12H20N2OS/c1-3-15-9(2)12-14-11(8-16-12)6-7-13-10-4-5-10/h8-10,13H,3-7H2,1-2H3. The highest BCUT2D eigenvalue weighted by Crippen LogP contribution is 2.21. The van der Waals surface area contributed by atoms with Crippen LogP contribution in [0.15, 0.2) is 5.38 Å². The van der Waals surface area contributed by atoms with Crippen LogP contribution in [-0.4, -0.2) is 24.2 Å². The Balaban J connectivity index is 1.76. The monoisotopic (exact) mass is 240 g/mol. The van der Waals surface area contributed by atoms with Crippen molar-refractivity contribution in [2.75, 3.05) is 13.2 Å². The number of nitrogens with one attached hydrogen (secondary N) is 1. The molecule has 0 aromatic carbocycles. The van der Waals surface area contributed by atoms with Gasteiger partial charge in [0.15, 0.2) is 0 Å². The van der Waals surface area contributed by atoms with E-state index in [1.165, 1.54) is 18.5 Å². The van der Waals surface area contributed by atoms with Crippen LogP contribution in [0.25, 0.3) is 0 Å². The first-order chi connectivity index (χ1) is 7.79. The van der Waals surface area contributed by atoms with Gasteiger partial charge < -0.3 is 10.1 Å². The molecule has 1 unspecified atom stereocenters. The highest BCUT2D eigenvalue weighted by molar-refractivity contribution is 7.09. The van der Waals surface area contributed by atoms with Crippen molar-refractivity contribution in [2.45, 2.75) is 45.3 Å². The van der Waals surface area contributed by atoms with E-state index in [1.807, 2.05) is 6.92 Å². The van der Waals surface area contributed by atoms with Gasteiger partial charge in [-0.05, 0) is 26.7 Å². The molecule has 90 valence electrons. The van der Waals surface area contributed by atoms with E-state index in [2.05, 4.69) is 22.6 Å². The average molecular weight is 240 g/mol. The molecule has 1 saturated carbocycles. The second kappa shape index (κ2) is 5.75. The molecule has 2 rings (SSSR count). The zero-order chi connectivity index (χ0) is 11.4. The molecule has 16 heavy (non-hydrogen) atoms. The van der Waals surface area contributed by atoms with Crippen LogP contribution in [0.5, 0.6) is 0 Å². The van der Waals surface area contributed by atoms with Crippen LogP contribution in [0.1, 0.15) is 43.5 Å². The smallest absolute Gasteiger partial charge is 0.121 e. The molecule has 0 amide bonds. The van der Waals surface area contributed by atoms with Crippen LogP contribution in [-0.2, 0) is 11.2 Å². The van der Waals surface area contributed by atoms with Crippen LogP contribution in [0.4, 0.5) is 0 Å². The lowest BCUT2D eigenvalue weighted by molar-refractivity contribution is 0.0761. The number of hydrogen-bond donors (Lipinski definition) is 1. The van der Waals surface area contributed by atoms with Crippen molar-refractivity contribution in [3.8, 4) is 0 Å². The number of hydrogen-bond acceptors (Lipinski definition) is 4. The van der Waals surface area contributed by atoms with Crippen molar-refractivity contribution in [1.82, 2.24) is 10.3 Å². The molecule has 1 heterocycles. The lowest BCUT2D eigenvalue weighted by atomic mass is 10.3. The summed E-state index contributed by atoms with van der Waals surface area (Å²) in [5.41, 5.74) is 1.19. The van der Waals surface area contributed by atoms with Gasteiger partial charge >= 0.3 is 0 Å². The summed E-state index contributed by atoms with van der Waals surface area (Å²) in [5, 5.41) is 6.75. The van der Waals surface area contributed by atoms with Gasteiger partial charge in [0.25, 0.3) is 0 Å². The molecule has 0 aliphatic heterocycles. The Morgan fingerprint density at radius 3 is 3.12 bits per heavy atom. The Kier molecular flexibility index (Phi) is 4.32. The molecule has 0 saturated heterocycles. The number of nitrogens with zero attached hydrogens (tertiary/aromatic N) is 1. The van der Waals surface area contributed by atoms with E-state index in [0.717, 1.165) is 30.6 Å². The molecule has 1 aliphatic carbocycles. The molecule has 1 N–H and O–H groups in total. The summed E-state index contributed by atoms with van der Waals surface area (Å²) >= 11 is 1.71. The minimum Gasteiger partial charge on any atom is -0.372 e. The van der Waals surface area contributed by atoms with Gasteiger partial charge in [0, 0.05) is 31.0 Å². The molecule has 0 spiro atoms. The third kappa shape index (κ3) is 3.54. The van der Waals surface area contributed by atoms with E-state index in [0.29, 0.717) is 0 Å². The van der Waals surface area contributed by atoms with Gasteiger partial charge in [-0.15, -0.1) is 11.3 Å². The van der Waals surface area contributed by atoms with Crippen molar-refractivity contribution in [3.05, 3.63) is 16.1 Å². The van der Waals surface area contributed by atoms with Gasteiger partial charge in [-0.25, -0.2) is 4.98 Å². The molecule has 1 aromatic heterocycles. The zero-order valence-corrected chi connectivity index (χ0v) is 10.8. The van der Waals surface area contributed by atoms with Crippen molar-refractivity contribution in [1.29, 1.82) is 0 Å². The SMILES string of the molecule is CCOC(C)c1nc(CCNC2CC2)cs1. The van der Waals surface area contributed by atoms with Crippen LogP contribution in [0.3, 0.4) is 0 Å². The molecule has 1 atom stereocenters. The highest BCUT2D eigenvalue weighted by Gasteiger charge is 2.19. The van der Waals surface area contributed by atoms with Crippen molar-refractivity contribution in [2.24, 2.45) is 0 Å². The van der Waals surface area contributed by atoms with Gasteiger partial charge in [-0.1, -0.05) is 0 Å². The molecule has 1 aromatic rings. The number of rotatable bonds is 7. The number of thiazole rings is 1. The molecule has 3 nitrogen and oxygen atoms in total. The van der Waals surface area contributed by atoms with Gasteiger partial charge in [0.2, 0.25) is 0 Å². The van der Waals surface area contributed by atoms with Gasteiger partial charge in [-0.2, -0.15) is 0 Å². The molecule has 1 aliphatic rings. The summed E-state index contributed by atoms with van der Waals surface area (Å²) < 4.78 is 5.53. The lowest BCUT2D eigenvalue weighted by Crippen LogP contribution is -2.19. The maximum absolute atomic E-state index is 5.53. The lowest BCUT2D eigenvalue weighted by Gasteiger charge is -2.07. The first-order valence-corrected chi connectivity index (χ1v) is 6.97. The Morgan fingerprint density at radius 2 is 2.44 bits per heavy atom. The highest BCUT2D eigenvalue weighted by atomic mass is 32.1. The van der Waals surface area contributed by atoms with E-state index < -0.39 is 0 Å². The van der Waals surface area contributed by atoms with Gasteiger partial charge in [0.1, 0.15) is 11.1 Å². The third-order valence-electron chi connectivity index (χ3n) is 2.73. The molecule has 1 fully saturated rings. The van der Waals surface area contributed by atoms with Crippen LogP contribution < -0.4 is 5.32 Å². The second-order valence-electron chi connectivity index (χ2n) is 4.25. The fourth-order valence-corrected chi connectivity index (χ4v) is 2.49. The fourth-order valence-electron chi connectivity index (χ4n) is 1.64. The number of aromatic nitrogens is 1. The topological polar surface area (TPSA) is 34.1 Å². The van der Waals surface area contributed by atoms with E-state index in [9.17, 15) is 0 Å². The molecular formula is C12H20N2OS. The third-order valence-corrected chi connectivity index (χ3v) is 3.78. The molecular weight excluding hydrogens is 220 g/mol. The minimum atomic E-state index is 0.139. The maximum atomic E-state index is 5.53. The van der Waals surface area contributed by atoms with Gasteiger partial charge in [-0.3, -0.25) is 0 Å². The Labute approximate surface area is 101 Å². The second-order valence-corrected chi connectivity index (χ2v) is 5.14. The Hall–Kier alpha value is -0.450. The maximum Gasteiger partial charge on any atom is 0.121 e. The summed E-state index contributed by atoms with van der Waals surface area (Å²) in [6, 6.07) is 0.792. The molecule has 0 bridgehead atoms.